The molecule has 8 heteroatoms. The zero-order chi connectivity index (χ0) is 20.4. The molecular weight excluding hydrogens is 380 g/mol. The molecular formula is C22H32N6O2. The minimum atomic E-state index is 0.469. The van der Waals surface area contributed by atoms with Crippen molar-refractivity contribution in [3.05, 3.63) is 42.4 Å². The highest BCUT2D eigenvalue weighted by Gasteiger charge is 2.17. The van der Waals surface area contributed by atoms with Crippen LogP contribution in [0.2, 0.25) is 0 Å². The molecule has 0 saturated carbocycles. The van der Waals surface area contributed by atoms with Gasteiger partial charge in [0.15, 0.2) is 0 Å². The molecule has 2 aliphatic rings. The highest BCUT2D eigenvalue weighted by atomic mass is 16.5. The van der Waals surface area contributed by atoms with Crippen molar-refractivity contribution < 1.29 is 9.47 Å². The summed E-state index contributed by atoms with van der Waals surface area (Å²) in [5, 5.41) is 0. The summed E-state index contributed by atoms with van der Waals surface area (Å²) >= 11 is 0. The SMILES string of the molecule is c1ccc(CCN2CCCN(c3ccnc(OCCN4CCOCC4)n3)CC2)nc1. The third-order valence-corrected chi connectivity index (χ3v) is 5.68. The third-order valence-electron chi connectivity index (χ3n) is 5.68. The van der Waals surface area contributed by atoms with Gasteiger partial charge in [-0.2, -0.15) is 4.98 Å². The molecule has 0 atom stereocenters. The molecule has 2 fully saturated rings. The van der Waals surface area contributed by atoms with E-state index in [2.05, 4.69) is 41.8 Å². The topological polar surface area (TPSA) is 66.9 Å². The Bertz CT molecular complexity index is 756. The predicted molar refractivity (Wildman–Crippen MR) is 116 cm³/mol. The van der Waals surface area contributed by atoms with Gasteiger partial charge in [-0.1, -0.05) is 6.07 Å². The highest BCUT2D eigenvalue weighted by Crippen LogP contribution is 2.16. The van der Waals surface area contributed by atoms with Crippen LogP contribution in [0.1, 0.15) is 12.1 Å². The maximum absolute atomic E-state index is 5.83. The number of aromatic nitrogens is 3. The van der Waals surface area contributed by atoms with Crippen molar-refractivity contribution >= 4 is 5.82 Å². The van der Waals surface area contributed by atoms with Crippen molar-refractivity contribution in [2.45, 2.75) is 12.8 Å². The molecule has 0 aromatic carbocycles. The van der Waals surface area contributed by atoms with Gasteiger partial charge < -0.3 is 19.3 Å². The van der Waals surface area contributed by atoms with Gasteiger partial charge in [-0.3, -0.25) is 9.88 Å². The molecule has 0 aliphatic carbocycles. The van der Waals surface area contributed by atoms with Gasteiger partial charge in [0.25, 0.3) is 0 Å². The Balaban J connectivity index is 1.24. The zero-order valence-corrected chi connectivity index (χ0v) is 17.7. The van der Waals surface area contributed by atoms with E-state index in [-0.39, 0.29) is 0 Å². The van der Waals surface area contributed by atoms with E-state index < -0.39 is 0 Å². The second-order valence-corrected chi connectivity index (χ2v) is 7.75. The van der Waals surface area contributed by atoms with Gasteiger partial charge >= 0.3 is 6.01 Å². The molecule has 2 aromatic rings. The molecule has 0 spiro atoms. The van der Waals surface area contributed by atoms with Crippen molar-refractivity contribution in [2.75, 3.05) is 77.1 Å². The summed E-state index contributed by atoms with van der Waals surface area (Å²) in [7, 11) is 0. The Kier molecular flexibility index (Phi) is 7.82. The molecule has 0 N–H and O–H groups in total. The summed E-state index contributed by atoms with van der Waals surface area (Å²) in [6, 6.07) is 8.58. The van der Waals surface area contributed by atoms with Gasteiger partial charge in [-0.25, -0.2) is 4.98 Å². The number of pyridine rings is 1. The summed E-state index contributed by atoms with van der Waals surface area (Å²) in [5.74, 6) is 0.956. The van der Waals surface area contributed by atoms with E-state index >= 15 is 0 Å². The summed E-state index contributed by atoms with van der Waals surface area (Å²) in [6.07, 6.45) is 5.79. The maximum atomic E-state index is 5.83. The standard InChI is InChI=1S/C22H32N6O2/c1-2-7-23-20(4-1)6-11-26-9-3-10-28(13-12-26)21-5-8-24-22(25-21)30-19-16-27-14-17-29-18-15-27/h1-2,4-5,7-8H,3,6,9-19H2. The molecule has 30 heavy (non-hydrogen) atoms. The number of rotatable bonds is 8. The number of hydrogen-bond donors (Lipinski definition) is 0. The molecule has 0 radical (unpaired) electrons. The van der Waals surface area contributed by atoms with Crippen LogP contribution < -0.4 is 9.64 Å². The second kappa shape index (κ2) is 11.2. The zero-order valence-electron chi connectivity index (χ0n) is 17.7. The lowest BCUT2D eigenvalue weighted by atomic mass is 10.2. The number of ether oxygens (including phenoxy) is 2. The molecule has 2 aliphatic heterocycles. The van der Waals surface area contributed by atoms with Gasteiger partial charge in [-0.05, 0) is 31.2 Å². The van der Waals surface area contributed by atoms with Crippen LogP contribution in [-0.4, -0.2) is 96.9 Å². The van der Waals surface area contributed by atoms with Crippen LogP contribution in [-0.2, 0) is 11.2 Å². The lowest BCUT2D eigenvalue weighted by Gasteiger charge is -2.26. The molecule has 0 unspecified atom stereocenters. The summed E-state index contributed by atoms with van der Waals surface area (Å²) in [4.78, 5) is 20.6. The lowest BCUT2D eigenvalue weighted by molar-refractivity contribution is 0.0317. The number of nitrogens with zero attached hydrogens (tertiary/aromatic N) is 6. The lowest BCUT2D eigenvalue weighted by Crippen LogP contribution is -2.38. The van der Waals surface area contributed by atoms with Gasteiger partial charge in [0.1, 0.15) is 12.4 Å². The number of hydrogen-bond acceptors (Lipinski definition) is 8. The average molecular weight is 413 g/mol. The molecule has 4 heterocycles. The first-order valence-electron chi connectivity index (χ1n) is 11.0. The normalized spacial score (nSPS) is 18.9. The second-order valence-electron chi connectivity index (χ2n) is 7.75. The Hall–Kier alpha value is -2.29. The number of morpholine rings is 1. The van der Waals surface area contributed by atoms with Gasteiger partial charge in [0.2, 0.25) is 0 Å². The van der Waals surface area contributed by atoms with Crippen LogP contribution in [0.15, 0.2) is 36.7 Å². The summed E-state index contributed by atoms with van der Waals surface area (Å²) in [5.41, 5.74) is 1.16. The molecule has 0 amide bonds. The van der Waals surface area contributed by atoms with Gasteiger partial charge in [0, 0.05) is 70.3 Å². The van der Waals surface area contributed by atoms with E-state index in [1.165, 1.54) is 0 Å². The van der Waals surface area contributed by atoms with Crippen molar-refractivity contribution in [2.24, 2.45) is 0 Å². The first-order chi connectivity index (χ1) is 14.9. The molecule has 2 saturated heterocycles. The quantitative estimate of drug-likeness (QED) is 0.644. The smallest absolute Gasteiger partial charge is 0.318 e. The van der Waals surface area contributed by atoms with Crippen LogP contribution in [0, 0.1) is 0 Å². The van der Waals surface area contributed by atoms with Gasteiger partial charge in [-0.15, -0.1) is 0 Å². The first-order valence-corrected chi connectivity index (χ1v) is 11.0. The van der Waals surface area contributed by atoms with Crippen LogP contribution in [0.5, 0.6) is 6.01 Å². The van der Waals surface area contributed by atoms with E-state index in [4.69, 9.17) is 9.47 Å². The Morgan fingerprint density at radius 3 is 2.63 bits per heavy atom. The fourth-order valence-corrected chi connectivity index (χ4v) is 3.91. The minimum absolute atomic E-state index is 0.469. The molecule has 2 aromatic heterocycles. The average Bonchev–Trinajstić information content (AvgIpc) is 3.05. The fraction of sp³-hybridized carbons (Fsp3) is 0.591. The number of anilines is 1. The first kappa shape index (κ1) is 21.0. The fourth-order valence-electron chi connectivity index (χ4n) is 3.91. The highest BCUT2D eigenvalue weighted by molar-refractivity contribution is 5.38. The predicted octanol–water partition coefficient (Wildman–Crippen LogP) is 1.34. The summed E-state index contributed by atoms with van der Waals surface area (Å²) in [6.45, 7) is 10.2. The van der Waals surface area contributed by atoms with E-state index in [0.717, 1.165) is 89.9 Å². The van der Waals surface area contributed by atoms with E-state index in [0.29, 0.717) is 12.6 Å². The van der Waals surface area contributed by atoms with Crippen molar-refractivity contribution in [3.63, 3.8) is 0 Å². The minimum Gasteiger partial charge on any atom is -0.462 e. The Morgan fingerprint density at radius 2 is 1.77 bits per heavy atom. The molecule has 0 bridgehead atoms. The molecule has 8 nitrogen and oxygen atoms in total. The maximum Gasteiger partial charge on any atom is 0.318 e. The van der Waals surface area contributed by atoms with Crippen molar-refractivity contribution in [3.8, 4) is 6.01 Å². The van der Waals surface area contributed by atoms with E-state index in [1.807, 2.05) is 18.3 Å². The monoisotopic (exact) mass is 412 g/mol. The van der Waals surface area contributed by atoms with Crippen molar-refractivity contribution in [1.82, 2.24) is 24.8 Å². The summed E-state index contributed by atoms with van der Waals surface area (Å²) < 4.78 is 11.2. The van der Waals surface area contributed by atoms with E-state index in [1.54, 1.807) is 6.20 Å². The van der Waals surface area contributed by atoms with Crippen LogP contribution in [0.4, 0.5) is 5.82 Å². The van der Waals surface area contributed by atoms with Crippen molar-refractivity contribution in [1.29, 1.82) is 0 Å². The molecule has 162 valence electrons. The van der Waals surface area contributed by atoms with Crippen LogP contribution >= 0.6 is 0 Å². The van der Waals surface area contributed by atoms with Crippen LogP contribution in [0.25, 0.3) is 0 Å². The van der Waals surface area contributed by atoms with E-state index in [9.17, 15) is 0 Å². The van der Waals surface area contributed by atoms with Gasteiger partial charge in [0.05, 0.1) is 13.2 Å². The largest absolute Gasteiger partial charge is 0.462 e. The Morgan fingerprint density at radius 1 is 0.867 bits per heavy atom. The Labute approximate surface area is 178 Å². The third kappa shape index (κ3) is 6.35. The molecule has 4 rings (SSSR count). The van der Waals surface area contributed by atoms with Crippen LogP contribution in [0.3, 0.4) is 0 Å².